The molecule has 0 aromatic heterocycles. The van der Waals surface area contributed by atoms with Crippen LogP contribution >= 0.6 is 11.6 Å². The van der Waals surface area contributed by atoms with Gasteiger partial charge in [-0.15, -0.1) is 0 Å². The molecule has 0 saturated carbocycles. The first-order valence-electron chi connectivity index (χ1n) is 5.88. The first-order valence-corrected chi connectivity index (χ1v) is 6.25. The number of benzene rings is 2. The van der Waals surface area contributed by atoms with E-state index in [-0.39, 0.29) is 0 Å². The summed E-state index contributed by atoms with van der Waals surface area (Å²) in [6, 6.07) is 10.6. The second-order valence-electron chi connectivity index (χ2n) is 4.24. The number of hydrogen-bond donors (Lipinski definition) is 0. The van der Waals surface area contributed by atoms with Crippen LogP contribution in [-0.2, 0) is 12.6 Å². The third-order valence-electron chi connectivity index (χ3n) is 2.96. The highest BCUT2D eigenvalue weighted by molar-refractivity contribution is 6.33. The largest absolute Gasteiger partial charge is 0.416 e. The average molecular weight is 285 g/mol. The van der Waals surface area contributed by atoms with E-state index in [2.05, 4.69) is 0 Å². The van der Waals surface area contributed by atoms with E-state index >= 15 is 0 Å². The summed E-state index contributed by atoms with van der Waals surface area (Å²) in [6.07, 6.45) is -3.44. The standard InChI is InChI=1S/C15H12ClF3/c1-2-10-3-8-13(14(16)9-10)11-4-6-12(7-5-11)15(17,18)19/h3-9H,2H2,1H3. The van der Waals surface area contributed by atoms with Crippen LogP contribution < -0.4 is 0 Å². The molecule has 0 aliphatic heterocycles. The van der Waals surface area contributed by atoms with Crippen molar-refractivity contribution in [3.63, 3.8) is 0 Å². The second-order valence-corrected chi connectivity index (χ2v) is 4.65. The molecule has 0 atom stereocenters. The molecule has 2 aromatic rings. The summed E-state index contributed by atoms with van der Waals surface area (Å²) in [5, 5.41) is 0.555. The number of alkyl halides is 3. The molecule has 0 bridgehead atoms. The van der Waals surface area contributed by atoms with Gasteiger partial charge in [-0.2, -0.15) is 13.2 Å². The first kappa shape index (κ1) is 13.9. The zero-order valence-electron chi connectivity index (χ0n) is 10.3. The van der Waals surface area contributed by atoms with Crippen LogP contribution in [0.2, 0.25) is 5.02 Å². The Bertz CT molecular complexity index is 571. The summed E-state index contributed by atoms with van der Waals surface area (Å²) in [4.78, 5) is 0. The van der Waals surface area contributed by atoms with E-state index in [9.17, 15) is 13.2 Å². The lowest BCUT2D eigenvalue weighted by molar-refractivity contribution is -0.137. The Morgan fingerprint density at radius 1 is 1.00 bits per heavy atom. The van der Waals surface area contributed by atoms with Crippen LogP contribution in [0.3, 0.4) is 0 Å². The van der Waals surface area contributed by atoms with E-state index in [1.807, 2.05) is 25.1 Å². The van der Waals surface area contributed by atoms with Crippen molar-refractivity contribution in [2.45, 2.75) is 19.5 Å². The van der Waals surface area contributed by atoms with Gasteiger partial charge in [-0.25, -0.2) is 0 Å². The molecule has 0 N–H and O–H groups in total. The summed E-state index contributed by atoms with van der Waals surface area (Å²) in [7, 11) is 0. The van der Waals surface area contributed by atoms with Crippen LogP contribution in [0.25, 0.3) is 11.1 Å². The van der Waals surface area contributed by atoms with Crippen LogP contribution in [0.1, 0.15) is 18.1 Å². The maximum absolute atomic E-state index is 12.5. The smallest absolute Gasteiger partial charge is 0.166 e. The molecule has 0 heterocycles. The van der Waals surface area contributed by atoms with Gasteiger partial charge in [0.15, 0.2) is 0 Å². The third kappa shape index (κ3) is 3.10. The lowest BCUT2D eigenvalue weighted by Crippen LogP contribution is -2.04. The topological polar surface area (TPSA) is 0 Å². The summed E-state index contributed by atoms with van der Waals surface area (Å²) < 4.78 is 37.4. The normalized spacial score (nSPS) is 11.6. The van der Waals surface area contributed by atoms with Crippen molar-refractivity contribution in [3.8, 4) is 11.1 Å². The fourth-order valence-corrected chi connectivity index (χ4v) is 2.16. The van der Waals surface area contributed by atoms with Gasteiger partial charge >= 0.3 is 6.18 Å². The van der Waals surface area contributed by atoms with Gasteiger partial charge in [-0.3, -0.25) is 0 Å². The Hall–Kier alpha value is -1.48. The minimum Gasteiger partial charge on any atom is -0.166 e. The zero-order valence-corrected chi connectivity index (χ0v) is 11.0. The van der Waals surface area contributed by atoms with Crippen molar-refractivity contribution in [2.75, 3.05) is 0 Å². The van der Waals surface area contributed by atoms with Crippen molar-refractivity contribution in [1.29, 1.82) is 0 Å². The predicted octanol–water partition coefficient (Wildman–Crippen LogP) is 5.59. The highest BCUT2D eigenvalue weighted by atomic mass is 35.5. The Labute approximate surface area is 114 Å². The van der Waals surface area contributed by atoms with Crippen molar-refractivity contribution in [2.24, 2.45) is 0 Å². The molecule has 0 radical (unpaired) electrons. The molecule has 2 aromatic carbocycles. The lowest BCUT2D eigenvalue weighted by atomic mass is 10.0. The SMILES string of the molecule is CCc1ccc(-c2ccc(C(F)(F)F)cc2)c(Cl)c1. The van der Waals surface area contributed by atoms with Gasteiger partial charge in [-0.05, 0) is 35.7 Å². The quantitative estimate of drug-likeness (QED) is 0.674. The fourth-order valence-electron chi connectivity index (χ4n) is 1.85. The molecule has 4 heteroatoms. The van der Waals surface area contributed by atoms with E-state index < -0.39 is 11.7 Å². The van der Waals surface area contributed by atoms with Crippen LogP contribution in [-0.4, -0.2) is 0 Å². The fraction of sp³-hybridized carbons (Fsp3) is 0.200. The van der Waals surface area contributed by atoms with Crippen LogP contribution in [0.15, 0.2) is 42.5 Å². The van der Waals surface area contributed by atoms with Crippen LogP contribution in [0, 0.1) is 0 Å². The first-order chi connectivity index (χ1) is 8.91. The van der Waals surface area contributed by atoms with Gasteiger partial charge in [0.1, 0.15) is 0 Å². The minimum atomic E-state index is -4.31. The molecular weight excluding hydrogens is 273 g/mol. The molecular formula is C15H12ClF3. The third-order valence-corrected chi connectivity index (χ3v) is 3.28. The van der Waals surface area contributed by atoms with Crippen molar-refractivity contribution in [1.82, 2.24) is 0 Å². The van der Waals surface area contributed by atoms with Gasteiger partial charge < -0.3 is 0 Å². The number of aryl methyl sites for hydroxylation is 1. The van der Waals surface area contributed by atoms with Gasteiger partial charge in [0, 0.05) is 10.6 Å². The molecule has 0 aliphatic rings. The monoisotopic (exact) mass is 284 g/mol. The minimum absolute atomic E-state index is 0.555. The summed E-state index contributed by atoms with van der Waals surface area (Å²) in [6.45, 7) is 2.02. The molecule has 2 rings (SSSR count). The molecule has 0 fully saturated rings. The Kier molecular flexibility index (Phi) is 3.85. The number of hydrogen-bond acceptors (Lipinski definition) is 0. The van der Waals surface area contributed by atoms with E-state index in [1.54, 1.807) is 0 Å². The Morgan fingerprint density at radius 3 is 2.11 bits per heavy atom. The van der Waals surface area contributed by atoms with Gasteiger partial charge in [0.05, 0.1) is 5.56 Å². The van der Waals surface area contributed by atoms with E-state index in [0.717, 1.165) is 29.7 Å². The highest BCUT2D eigenvalue weighted by Gasteiger charge is 2.29. The highest BCUT2D eigenvalue weighted by Crippen LogP contribution is 2.33. The maximum Gasteiger partial charge on any atom is 0.416 e. The maximum atomic E-state index is 12.5. The molecule has 100 valence electrons. The van der Waals surface area contributed by atoms with Crippen molar-refractivity contribution in [3.05, 3.63) is 58.6 Å². The molecule has 0 saturated heterocycles. The molecule has 0 amide bonds. The molecule has 0 aliphatic carbocycles. The summed E-state index contributed by atoms with van der Waals surface area (Å²) in [5.41, 5.74) is 1.87. The molecule has 0 unspecified atom stereocenters. The lowest BCUT2D eigenvalue weighted by Gasteiger charge is -2.09. The molecule has 0 nitrogen and oxygen atoms in total. The Balaban J connectivity index is 2.37. The second kappa shape index (κ2) is 5.25. The summed E-state index contributed by atoms with van der Waals surface area (Å²) in [5.74, 6) is 0. The summed E-state index contributed by atoms with van der Waals surface area (Å²) >= 11 is 6.15. The Morgan fingerprint density at radius 2 is 1.63 bits per heavy atom. The predicted molar refractivity (Wildman–Crippen MR) is 71.3 cm³/mol. The average Bonchev–Trinajstić information content (AvgIpc) is 2.37. The van der Waals surface area contributed by atoms with E-state index in [0.29, 0.717) is 10.6 Å². The molecule has 0 spiro atoms. The van der Waals surface area contributed by atoms with Gasteiger partial charge in [0.25, 0.3) is 0 Å². The van der Waals surface area contributed by atoms with Gasteiger partial charge in [-0.1, -0.05) is 42.8 Å². The zero-order chi connectivity index (χ0) is 14.0. The van der Waals surface area contributed by atoms with E-state index in [4.69, 9.17) is 11.6 Å². The van der Waals surface area contributed by atoms with Crippen LogP contribution in [0.4, 0.5) is 13.2 Å². The van der Waals surface area contributed by atoms with Gasteiger partial charge in [0.2, 0.25) is 0 Å². The van der Waals surface area contributed by atoms with Crippen LogP contribution in [0.5, 0.6) is 0 Å². The molecule has 19 heavy (non-hydrogen) atoms. The van der Waals surface area contributed by atoms with E-state index in [1.165, 1.54) is 12.1 Å². The number of rotatable bonds is 2. The van der Waals surface area contributed by atoms with Crippen molar-refractivity contribution < 1.29 is 13.2 Å². The number of halogens is 4. The van der Waals surface area contributed by atoms with Crippen molar-refractivity contribution >= 4 is 11.6 Å².